The highest BCUT2D eigenvalue weighted by molar-refractivity contribution is 7.80. The molecule has 0 aliphatic rings. The maximum atomic E-state index is 4.35. The molecule has 0 fully saturated rings. The van der Waals surface area contributed by atoms with E-state index in [1.807, 2.05) is 24.4 Å². The van der Waals surface area contributed by atoms with Gasteiger partial charge in [0.2, 0.25) is 0 Å². The van der Waals surface area contributed by atoms with Crippen LogP contribution in [0.15, 0.2) is 36.5 Å². The van der Waals surface area contributed by atoms with Crippen molar-refractivity contribution in [3.05, 3.63) is 42.2 Å². The monoisotopic (exact) mass is 189 g/mol. The van der Waals surface area contributed by atoms with Crippen LogP contribution in [0.25, 0.3) is 10.8 Å². The van der Waals surface area contributed by atoms with Gasteiger partial charge in [-0.05, 0) is 23.6 Å². The lowest BCUT2D eigenvalue weighted by Crippen LogP contribution is -1.91. The maximum absolute atomic E-state index is 4.35. The van der Waals surface area contributed by atoms with Gasteiger partial charge in [0, 0.05) is 17.3 Å². The fourth-order valence-electron chi connectivity index (χ4n) is 1.49. The lowest BCUT2D eigenvalue weighted by atomic mass is 10.1. The van der Waals surface area contributed by atoms with Gasteiger partial charge in [-0.2, -0.15) is 12.6 Å². The third-order valence-corrected chi connectivity index (χ3v) is 2.33. The van der Waals surface area contributed by atoms with Gasteiger partial charge in [0.15, 0.2) is 0 Å². The van der Waals surface area contributed by atoms with Crippen molar-refractivity contribution in [2.45, 2.75) is 6.42 Å². The van der Waals surface area contributed by atoms with Crippen molar-refractivity contribution in [3.63, 3.8) is 0 Å². The Morgan fingerprint density at radius 2 is 2.00 bits per heavy atom. The Hall–Kier alpha value is -1.02. The van der Waals surface area contributed by atoms with Crippen LogP contribution in [0.3, 0.4) is 0 Å². The lowest BCUT2D eigenvalue weighted by molar-refractivity contribution is 1.07. The molecule has 2 rings (SSSR count). The molecule has 0 saturated heterocycles. The van der Waals surface area contributed by atoms with Crippen LogP contribution in [0.2, 0.25) is 0 Å². The highest BCUT2D eigenvalue weighted by Crippen LogP contribution is 2.16. The van der Waals surface area contributed by atoms with Crippen LogP contribution in [0, 0.1) is 0 Å². The first-order chi connectivity index (χ1) is 6.42. The number of pyridine rings is 1. The standard InChI is InChI=1S/C11H11NS/c13-8-6-11-10-4-2-1-3-9(10)5-7-12-11/h1-5,7,13H,6,8H2. The van der Waals surface area contributed by atoms with E-state index in [0.29, 0.717) is 0 Å². The molecule has 0 aliphatic carbocycles. The van der Waals surface area contributed by atoms with E-state index in [0.717, 1.165) is 17.9 Å². The fourth-order valence-corrected chi connectivity index (χ4v) is 1.70. The molecular formula is C11H11NS. The van der Waals surface area contributed by atoms with Crippen LogP contribution in [0.1, 0.15) is 5.69 Å². The zero-order chi connectivity index (χ0) is 9.10. The SMILES string of the molecule is SCCc1nccc2ccccc12. The van der Waals surface area contributed by atoms with Crippen molar-refractivity contribution < 1.29 is 0 Å². The minimum atomic E-state index is 0.848. The Balaban J connectivity index is 2.61. The summed E-state index contributed by atoms with van der Waals surface area (Å²) in [4.78, 5) is 4.35. The van der Waals surface area contributed by atoms with E-state index < -0.39 is 0 Å². The van der Waals surface area contributed by atoms with Crippen molar-refractivity contribution in [1.82, 2.24) is 4.98 Å². The van der Waals surface area contributed by atoms with E-state index in [1.165, 1.54) is 10.8 Å². The van der Waals surface area contributed by atoms with Gasteiger partial charge in [-0.15, -0.1) is 0 Å². The zero-order valence-corrected chi connectivity index (χ0v) is 8.17. The Bertz CT molecular complexity index is 406. The molecule has 1 aromatic carbocycles. The highest BCUT2D eigenvalue weighted by Gasteiger charge is 1.99. The summed E-state index contributed by atoms with van der Waals surface area (Å²) in [7, 11) is 0. The summed E-state index contributed by atoms with van der Waals surface area (Å²) >= 11 is 4.22. The predicted octanol–water partition coefficient (Wildman–Crippen LogP) is 2.71. The van der Waals surface area contributed by atoms with Gasteiger partial charge in [-0.3, -0.25) is 4.98 Å². The molecule has 0 bridgehead atoms. The van der Waals surface area contributed by atoms with E-state index in [4.69, 9.17) is 0 Å². The van der Waals surface area contributed by atoms with Gasteiger partial charge in [0.05, 0.1) is 0 Å². The first-order valence-electron chi connectivity index (χ1n) is 4.35. The van der Waals surface area contributed by atoms with E-state index in [1.54, 1.807) is 0 Å². The van der Waals surface area contributed by atoms with Crippen LogP contribution in [-0.4, -0.2) is 10.7 Å². The molecule has 1 nitrogen and oxygen atoms in total. The molecule has 2 aromatic rings. The molecule has 66 valence electrons. The smallest absolute Gasteiger partial charge is 0.0489 e. The minimum absolute atomic E-state index is 0.848. The van der Waals surface area contributed by atoms with Crippen molar-refractivity contribution in [3.8, 4) is 0 Å². The van der Waals surface area contributed by atoms with Gasteiger partial charge in [0.1, 0.15) is 0 Å². The summed E-state index contributed by atoms with van der Waals surface area (Å²) in [6.07, 6.45) is 2.80. The van der Waals surface area contributed by atoms with Gasteiger partial charge in [0.25, 0.3) is 0 Å². The second-order valence-corrected chi connectivity index (χ2v) is 3.40. The molecule has 0 radical (unpaired) electrons. The highest BCUT2D eigenvalue weighted by atomic mass is 32.1. The summed E-state index contributed by atoms with van der Waals surface area (Å²) in [6, 6.07) is 10.4. The van der Waals surface area contributed by atoms with Gasteiger partial charge < -0.3 is 0 Å². The molecule has 2 heteroatoms. The molecule has 0 unspecified atom stereocenters. The molecule has 1 aromatic heterocycles. The average molecular weight is 189 g/mol. The van der Waals surface area contributed by atoms with E-state index in [2.05, 4.69) is 29.7 Å². The number of hydrogen-bond donors (Lipinski definition) is 1. The van der Waals surface area contributed by atoms with Crippen molar-refractivity contribution in [1.29, 1.82) is 0 Å². The normalized spacial score (nSPS) is 10.5. The second-order valence-electron chi connectivity index (χ2n) is 2.95. The van der Waals surface area contributed by atoms with E-state index in [-0.39, 0.29) is 0 Å². The van der Waals surface area contributed by atoms with Crippen molar-refractivity contribution >= 4 is 23.4 Å². The largest absolute Gasteiger partial charge is 0.261 e. The number of rotatable bonds is 2. The van der Waals surface area contributed by atoms with E-state index in [9.17, 15) is 0 Å². The molecular weight excluding hydrogens is 178 g/mol. The quantitative estimate of drug-likeness (QED) is 0.717. The molecule has 0 atom stereocenters. The van der Waals surface area contributed by atoms with Crippen LogP contribution in [0.5, 0.6) is 0 Å². The summed E-state index contributed by atoms with van der Waals surface area (Å²) in [6.45, 7) is 0. The third-order valence-electron chi connectivity index (χ3n) is 2.10. The topological polar surface area (TPSA) is 12.9 Å². The first kappa shape index (κ1) is 8.57. The molecule has 0 aliphatic heterocycles. The number of thiol groups is 1. The van der Waals surface area contributed by atoms with Gasteiger partial charge >= 0.3 is 0 Å². The van der Waals surface area contributed by atoms with Crippen molar-refractivity contribution in [2.75, 3.05) is 5.75 Å². The Morgan fingerprint density at radius 1 is 1.15 bits per heavy atom. The van der Waals surface area contributed by atoms with Gasteiger partial charge in [-0.25, -0.2) is 0 Å². The molecule has 0 N–H and O–H groups in total. The average Bonchev–Trinajstić information content (AvgIpc) is 2.19. The first-order valence-corrected chi connectivity index (χ1v) is 4.98. The van der Waals surface area contributed by atoms with E-state index >= 15 is 0 Å². The van der Waals surface area contributed by atoms with Crippen LogP contribution >= 0.6 is 12.6 Å². The van der Waals surface area contributed by atoms with Crippen molar-refractivity contribution in [2.24, 2.45) is 0 Å². The number of fused-ring (bicyclic) bond motifs is 1. The fraction of sp³-hybridized carbons (Fsp3) is 0.182. The minimum Gasteiger partial charge on any atom is -0.261 e. The number of hydrogen-bond acceptors (Lipinski definition) is 2. The van der Waals surface area contributed by atoms with Crippen LogP contribution in [-0.2, 0) is 6.42 Å². The lowest BCUT2D eigenvalue weighted by Gasteiger charge is -2.02. The number of nitrogens with zero attached hydrogens (tertiary/aromatic N) is 1. The Kier molecular flexibility index (Phi) is 2.50. The Morgan fingerprint density at radius 3 is 2.85 bits per heavy atom. The molecule has 0 amide bonds. The predicted molar refractivity (Wildman–Crippen MR) is 59.3 cm³/mol. The maximum Gasteiger partial charge on any atom is 0.0489 e. The number of aromatic nitrogens is 1. The van der Waals surface area contributed by atoms with Crippen LogP contribution in [0.4, 0.5) is 0 Å². The summed E-state index contributed by atoms with van der Waals surface area (Å²) in [5.41, 5.74) is 1.15. The molecule has 13 heavy (non-hydrogen) atoms. The summed E-state index contributed by atoms with van der Waals surface area (Å²) in [5, 5.41) is 2.51. The Labute approximate surface area is 83.2 Å². The molecule has 0 spiro atoms. The molecule has 0 saturated carbocycles. The summed E-state index contributed by atoms with van der Waals surface area (Å²) in [5.74, 6) is 0.848. The number of aryl methyl sites for hydroxylation is 1. The zero-order valence-electron chi connectivity index (χ0n) is 7.27. The number of benzene rings is 1. The third kappa shape index (κ3) is 1.68. The molecule has 1 heterocycles. The second kappa shape index (κ2) is 3.79. The van der Waals surface area contributed by atoms with Gasteiger partial charge in [-0.1, -0.05) is 24.3 Å². The summed E-state index contributed by atoms with van der Waals surface area (Å²) < 4.78 is 0. The van der Waals surface area contributed by atoms with Crippen LogP contribution < -0.4 is 0 Å².